The van der Waals surface area contributed by atoms with Gasteiger partial charge in [0.05, 0.1) is 11.9 Å². The monoisotopic (exact) mass is 259 g/mol. The molecule has 1 aliphatic rings. The molecule has 1 aliphatic heterocycles. The zero-order valence-electron chi connectivity index (χ0n) is 11.4. The maximum atomic E-state index is 9.46. The molecule has 3 heterocycles. The Morgan fingerprint density at radius 2 is 2.05 bits per heavy atom. The zero-order valence-corrected chi connectivity index (χ0v) is 11.4. The van der Waals surface area contributed by atoms with Crippen LogP contribution in [0.2, 0.25) is 0 Å². The molecule has 2 aromatic rings. The van der Waals surface area contributed by atoms with Gasteiger partial charge in [-0.05, 0) is 56.9 Å². The summed E-state index contributed by atoms with van der Waals surface area (Å²) >= 11 is 0. The fourth-order valence-corrected chi connectivity index (χ4v) is 2.93. The molecule has 1 N–H and O–H groups in total. The van der Waals surface area contributed by atoms with Gasteiger partial charge in [-0.15, -0.1) is 0 Å². The first-order chi connectivity index (χ1) is 9.24. The maximum absolute atomic E-state index is 9.46. The number of nitrogens with zero attached hydrogens (tertiary/aromatic N) is 3. The van der Waals surface area contributed by atoms with Crippen molar-refractivity contribution in [1.82, 2.24) is 14.3 Å². The van der Waals surface area contributed by atoms with Crippen molar-refractivity contribution in [3.05, 3.63) is 30.2 Å². The first-order valence-corrected chi connectivity index (χ1v) is 7.13. The highest BCUT2D eigenvalue weighted by Crippen LogP contribution is 2.22. The van der Waals surface area contributed by atoms with Crippen LogP contribution in [0.15, 0.2) is 24.5 Å². The third kappa shape index (κ3) is 2.73. The molecule has 102 valence electrons. The third-order valence-corrected chi connectivity index (χ3v) is 4.14. The number of piperidine rings is 1. The quantitative estimate of drug-likeness (QED) is 0.919. The molecule has 0 radical (unpaired) electrons. The number of aromatic nitrogens is 2. The van der Waals surface area contributed by atoms with E-state index in [-0.39, 0.29) is 5.75 Å². The average molecular weight is 259 g/mol. The molecule has 0 unspecified atom stereocenters. The Morgan fingerprint density at radius 1 is 1.26 bits per heavy atom. The largest absolute Gasteiger partial charge is 0.506 e. The highest BCUT2D eigenvalue weighted by atomic mass is 16.3. The summed E-state index contributed by atoms with van der Waals surface area (Å²) in [4.78, 5) is 7.14. The lowest BCUT2D eigenvalue weighted by Crippen LogP contribution is -2.34. The number of hydrogen-bond donors (Lipinski definition) is 1. The van der Waals surface area contributed by atoms with Gasteiger partial charge >= 0.3 is 0 Å². The van der Waals surface area contributed by atoms with Crippen molar-refractivity contribution in [2.75, 3.05) is 19.6 Å². The van der Waals surface area contributed by atoms with E-state index < -0.39 is 0 Å². The molecule has 0 bridgehead atoms. The molecule has 0 saturated carbocycles. The maximum Gasteiger partial charge on any atom is 0.137 e. The van der Waals surface area contributed by atoms with Crippen LogP contribution in [0.5, 0.6) is 5.75 Å². The Labute approximate surface area is 113 Å². The zero-order chi connectivity index (χ0) is 13.2. The second-order valence-electron chi connectivity index (χ2n) is 5.47. The van der Waals surface area contributed by atoms with Gasteiger partial charge in [0, 0.05) is 6.20 Å². The van der Waals surface area contributed by atoms with Crippen LogP contribution in [-0.4, -0.2) is 39.0 Å². The van der Waals surface area contributed by atoms with Gasteiger partial charge in [-0.25, -0.2) is 4.98 Å². The number of fused-ring (bicyclic) bond motifs is 1. The van der Waals surface area contributed by atoms with E-state index in [0.29, 0.717) is 0 Å². The van der Waals surface area contributed by atoms with Crippen molar-refractivity contribution < 1.29 is 5.11 Å². The molecular weight excluding hydrogens is 238 g/mol. The lowest BCUT2D eigenvalue weighted by atomic mass is 9.92. The van der Waals surface area contributed by atoms with E-state index >= 15 is 0 Å². The van der Waals surface area contributed by atoms with Crippen LogP contribution in [0.25, 0.3) is 5.65 Å². The molecule has 1 saturated heterocycles. The highest BCUT2D eigenvalue weighted by Gasteiger charge is 2.19. The number of aromatic hydroxyl groups is 1. The Morgan fingerprint density at radius 3 is 2.79 bits per heavy atom. The summed E-state index contributed by atoms with van der Waals surface area (Å²) in [6.45, 7) is 5.83. The lowest BCUT2D eigenvalue weighted by Gasteiger charge is -2.30. The van der Waals surface area contributed by atoms with Crippen LogP contribution in [0, 0.1) is 5.92 Å². The van der Waals surface area contributed by atoms with E-state index in [4.69, 9.17) is 0 Å². The van der Waals surface area contributed by atoms with E-state index in [0.717, 1.165) is 23.7 Å². The van der Waals surface area contributed by atoms with E-state index in [1.807, 2.05) is 16.7 Å². The molecule has 3 rings (SSSR count). The van der Waals surface area contributed by atoms with Crippen LogP contribution in [0.1, 0.15) is 25.5 Å². The van der Waals surface area contributed by atoms with Gasteiger partial charge in [-0.2, -0.15) is 0 Å². The summed E-state index contributed by atoms with van der Waals surface area (Å²) in [7, 11) is 0. The van der Waals surface area contributed by atoms with Gasteiger partial charge in [-0.3, -0.25) is 0 Å². The summed E-state index contributed by atoms with van der Waals surface area (Å²) in [5, 5.41) is 9.46. The standard InChI is InChI=1S/C15H21N3O/c1-2-17-7-5-12(6-8-17)9-13-10-18-11-14(19)3-4-15(18)16-13/h3-4,10-12,19H,2,5-9H2,1H3. The minimum absolute atomic E-state index is 0.285. The smallest absolute Gasteiger partial charge is 0.137 e. The molecular formula is C15H21N3O. The summed E-state index contributed by atoms with van der Waals surface area (Å²) < 4.78 is 1.91. The van der Waals surface area contributed by atoms with Gasteiger partial charge in [0.2, 0.25) is 0 Å². The predicted molar refractivity (Wildman–Crippen MR) is 75.4 cm³/mol. The molecule has 4 nitrogen and oxygen atoms in total. The fourth-order valence-electron chi connectivity index (χ4n) is 2.93. The second kappa shape index (κ2) is 5.21. The van der Waals surface area contributed by atoms with E-state index in [1.165, 1.54) is 32.5 Å². The minimum Gasteiger partial charge on any atom is -0.506 e. The van der Waals surface area contributed by atoms with Crippen molar-refractivity contribution >= 4 is 5.65 Å². The second-order valence-corrected chi connectivity index (χ2v) is 5.47. The van der Waals surface area contributed by atoms with Crippen molar-refractivity contribution in [2.45, 2.75) is 26.2 Å². The summed E-state index contributed by atoms with van der Waals surface area (Å²) in [5.41, 5.74) is 2.05. The van der Waals surface area contributed by atoms with Gasteiger partial charge < -0.3 is 14.4 Å². The minimum atomic E-state index is 0.285. The third-order valence-electron chi connectivity index (χ3n) is 4.14. The topological polar surface area (TPSA) is 40.8 Å². The lowest BCUT2D eigenvalue weighted by molar-refractivity contribution is 0.191. The van der Waals surface area contributed by atoms with E-state index in [1.54, 1.807) is 12.3 Å². The van der Waals surface area contributed by atoms with E-state index in [2.05, 4.69) is 16.8 Å². The fraction of sp³-hybridized carbons (Fsp3) is 0.533. The Bertz CT molecular complexity index is 556. The van der Waals surface area contributed by atoms with Crippen molar-refractivity contribution in [2.24, 2.45) is 5.92 Å². The first kappa shape index (κ1) is 12.5. The number of imidazole rings is 1. The van der Waals surface area contributed by atoms with Gasteiger partial charge in [0.15, 0.2) is 0 Å². The van der Waals surface area contributed by atoms with Gasteiger partial charge in [0.1, 0.15) is 11.4 Å². The first-order valence-electron chi connectivity index (χ1n) is 7.13. The molecule has 4 heteroatoms. The molecule has 0 aliphatic carbocycles. The van der Waals surface area contributed by atoms with Crippen molar-refractivity contribution in [3.8, 4) is 5.75 Å². The predicted octanol–water partition coefficient (Wildman–Crippen LogP) is 2.31. The molecule has 0 spiro atoms. The van der Waals surface area contributed by atoms with Crippen LogP contribution in [-0.2, 0) is 6.42 Å². The average Bonchev–Trinajstić information content (AvgIpc) is 2.81. The number of likely N-dealkylation sites (tertiary alicyclic amines) is 1. The highest BCUT2D eigenvalue weighted by molar-refractivity contribution is 5.42. The summed E-state index contributed by atoms with van der Waals surface area (Å²) in [5.74, 6) is 1.04. The number of rotatable bonds is 3. The molecule has 2 aromatic heterocycles. The molecule has 0 atom stereocenters. The SMILES string of the molecule is CCN1CCC(Cc2cn3cc(O)ccc3n2)CC1. The molecule has 19 heavy (non-hydrogen) atoms. The van der Waals surface area contributed by atoms with Crippen molar-refractivity contribution in [1.29, 1.82) is 0 Å². The van der Waals surface area contributed by atoms with Crippen LogP contribution in [0.4, 0.5) is 0 Å². The van der Waals surface area contributed by atoms with Gasteiger partial charge in [-0.1, -0.05) is 6.92 Å². The normalized spacial score (nSPS) is 18.2. The van der Waals surface area contributed by atoms with Crippen molar-refractivity contribution in [3.63, 3.8) is 0 Å². The number of hydrogen-bond acceptors (Lipinski definition) is 3. The summed E-state index contributed by atoms with van der Waals surface area (Å²) in [6, 6.07) is 3.55. The molecule has 1 fully saturated rings. The van der Waals surface area contributed by atoms with Crippen LogP contribution >= 0.6 is 0 Å². The van der Waals surface area contributed by atoms with Crippen LogP contribution in [0.3, 0.4) is 0 Å². The Kier molecular flexibility index (Phi) is 3.42. The van der Waals surface area contributed by atoms with Gasteiger partial charge in [0.25, 0.3) is 0 Å². The Hall–Kier alpha value is -1.55. The molecule has 0 amide bonds. The summed E-state index contributed by atoms with van der Waals surface area (Å²) in [6.07, 6.45) is 7.35. The van der Waals surface area contributed by atoms with E-state index in [9.17, 15) is 5.11 Å². The Balaban J connectivity index is 1.68. The van der Waals surface area contributed by atoms with Crippen LogP contribution < -0.4 is 0 Å². The number of pyridine rings is 1. The molecule has 0 aromatic carbocycles.